The average molecular weight is 263 g/mol. The second-order valence-electron chi connectivity index (χ2n) is 4.36. The summed E-state index contributed by atoms with van der Waals surface area (Å²) < 4.78 is 26.7. The predicted molar refractivity (Wildman–Crippen MR) is 68.4 cm³/mol. The van der Waals surface area contributed by atoms with Gasteiger partial charge in [0.15, 0.2) is 0 Å². The van der Waals surface area contributed by atoms with Gasteiger partial charge in [0.05, 0.1) is 5.69 Å². The molecule has 19 heavy (non-hydrogen) atoms. The fraction of sp³-hybridized carbons (Fsp3) is 0.286. The zero-order valence-corrected chi connectivity index (χ0v) is 10.8. The first-order chi connectivity index (χ1) is 9.06. The minimum Gasteiger partial charge on any atom is -0.304 e. The molecule has 0 aliphatic rings. The molecule has 2 rings (SSSR count). The smallest absolute Gasteiger partial charge is 0.128 e. The van der Waals surface area contributed by atoms with Gasteiger partial charge in [0.2, 0.25) is 0 Å². The summed E-state index contributed by atoms with van der Waals surface area (Å²) in [6.45, 7) is 4.06. The van der Waals surface area contributed by atoms with Crippen LogP contribution >= 0.6 is 0 Å². The van der Waals surface area contributed by atoms with Crippen LogP contribution in [-0.4, -0.2) is 9.97 Å². The molecule has 0 aliphatic carbocycles. The monoisotopic (exact) mass is 263 g/mol. The summed E-state index contributed by atoms with van der Waals surface area (Å²) in [5.74, 6) is -0.174. The van der Waals surface area contributed by atoms with Crippen LogP contribution in [0.4, 0.5) is 8.78 Å². The zero-order chi connectivity index (χ0) is 13.8. The number of nitrogens with zero attached hydrogens (tertiary/aromatic N) is 2. The van der Waals surface area contributed by atoms with Crippen molar-refractivity contribution in [1.29, 1.82) is 0 Å². The van der Waals surface area contributed by atoms with Crippen LogP contribution in [0.3, 0.4) is 0 Å². The van der Waals surface area contributed by atoms with Gasteiger partial charge in [-0.15, -0.1) is 0 Å². The molecule has 1 unspecified atom stereocenters. The van der Waals surface area contributed by atoms with E-state index in [-0.39, 0.29) is 6.04 Å². The van der Waals surface area contributed by atoms with E-state index in [0.717, 1.165) is 17.8 Å². The highest BCUT2D eigenvalue weighted by Gasteiger charge is 2.11. The van der Waals surface area contributed by atoms with Crippen LogP contribution in [0, 0.1) is 18.6 Å². The fourth-order valence-corrected chi connectivity index (χ4v) is 1.82. The van der Waals surface area contributed by atoms with E-state index < -0.39 is 11.6 Å². The molecule has 0 fully saturated rings. The summed E-state index contributed by atoms with van der Waals surface area (Å²) in [5.41, 5.74) is 1.13. The molecule has 0 spiro atoms. The number of aryl methyl sites for hydroxylation is 1. The van der Waals surface area contributed by atoms with Crippen LogP contribution in [0.2, 0.25) is 0 Å². The molecule has 1 heterocycles. The lowest BCUT2D eigenvalue weighted by atomic mass is 10.1. The fourth-order valence-electron chi connectivity index (χ4n) is 1.82. The summed E-state index contributed by atoms with van der Waals surface area (Å²) in [6, 6.07) is 4.94. The van der Waals surface area contributed by atoms with Crippen LogP contribution in [0.25, 0.3) is 0 Å². The Bertz CT molecular complexity index is 572. The van der Waals surface area contributed by atoms with Crippen molar-refractivity contribution in [2.45, 2.75) is 26.4 Å². The number of rotatable bonds is 4. The van der Waals surface area contributed by atoms with E-state index in [1.54, 1.807) is 26.1 Å². The normalized spacial score (nSPS) is 12.4. The first-order valence-electron chi connectivity index (χ1n) is 6.03. The van der Waals surface area contributed by atoms with Gasteiger partial charge < -0.3 is 5.32 Å². The molecule has 0 saturated carbocycles. The van der Waals surface area contributed by atoms with Gasteiger partial charge in [-0.05, 0) is 38.1 Å². The predicted octanol–water partition coefficient (Wildman–Crippen LogP) is 2.91. The zero-order valence-electron chi connectivity index (χ0n) is 10.8. The maximum Gasteiger partial charge on any atom is 0.128 e. The largest absolute Gasteiger partial charge is 0.304 e. The number of hydrogen-bond donors (Lipinski definition) is 1. The van der Waals surface area contributed by atoms with Crippen LogP contribution < -0.4 is 5.32 Å². The topological polar surface area (TPSA) is 37.8 Å². The van der Waals surface area contributed by atoms with Crippen molar-refractivity contribution in [3.8, 4) is 0 Å². The van der Waals surface area contributed by atoms with Gasteiger partial charge in [-0.25, -0.2) is 18.7 Å². The average Bonchev–Trinajstić information content (AvgIpc) is 2.39. The Balaban J connectivity index is 2.05. The molecule has 3 nitrogen and oxygen atoms in total. The van der Waals surface area contributed by atoms with E-state index in [9.17, 15) is 8.78 Å². The lowest BCUT2D eigenvalue weighted by Crippen LogP contribution is -2.20. The standard InChI is InChI=1S/C14H15F2N3/c1-9(13-7-11(15)3-4-14(13)16)18-8-12-5-6-17-10(2)19-12/h3-7,9,18H,8H2,1-2H3. The van der Waals surface area contributed by atoms with Crippen molar-refractivity contribution >= 4 is 0 Å². The Labute approximate surface area is 110 Å². The first kappa shape index (κ1) is 13.5. The molecule has 1 aromatic carbocycles. The molecule has 5 heteroatoms. The number of halogens is 2. The molecule has 100 valence electrons. The number of aromatic nitrogens is 2. The Hall–Kier alpha value is -1.88. The first-order valence-corrected chi connectivity index (χ1v) is 6.03. The number of nitrogens with one attached hydrogen (secondary N) is 1. The molecular weight excluding hydrogens is 248 g/mol. The molecule has 1 atom stereocenters. The van der Waals surface area contributed by atoms with Gasteiger partial charge in [-0.1, -0.05) is 0 Å². The molecule has 0 bridgehead atoms. The molecule has 0 radical (unpaired) electrons. The highest BCUT2D eigenvalue weighted by atomic mass is 19.1. The molecule has 1 N–H and O–H groups in total. The molecular formula is C14H15F2N3. The Morgan fingerprint density at radius 3 is 2.79 bits per heavy atom. The van der Waals surface area contributed by atoms with E-state index in [4.69, 9.17) is 0 Å². The minimum absolute atomic E-state index is 0.300. The number of benzene rings is 1. The Morgan fingerprint density at radius 2 is 2.05 bits per heavy atom. The summed E-state index contributed by atoms with van der Waals surface area (Å²) in [6.07, 6.45) is 1.67. The van der Waals surface area contributed by atoms with Crippen molar-refractivity contribution in [3.05, 3.63) is 59.2 Å². The van der Waals surface area contributed by atoms with Gasteiger partial charge in [-0.2, -0.15) is 0 Å². The van der Waals surface area contributed by atoms with Gasteiger partial charge >= 0.3 is 0 Å². The van der Waals surface area contributed by atoms with Gasteiger partial charge in [0.1, 0.15) is 17.5 Å². The van der Waals surface area contributed by atoms with Crippen molar-refractivity contribution in [3.63, 3.8) is 0 Å². The van der Waals surface area contributed by atoms with Gasteiger partial charge in [-0.3, -0.25) is 0 Å². The SMILES string of the molecule is Cc1nccc(CNC(C)c2cc(F)ccc2F)n1. The number of hydrogen-bond acceptors (Lipinski definition) is 3. The van der Waals surface area contributed by atoms with E-state index in [2.05, 4.69) is 15.3 Å². The van der Waals surface area contributed by atoms with Crippen LogP contribution in [-0.2, 0) is 6.54 Å². The maximum atomic E-state index is 13.6. The minimum atomic E-state index is -0.442. The van der Waals surface area contributed by atoms with E-state index in [1.807, 2.05) is 0 Å². The maximum absolute atomic E-state index is 13.6. The highest BCUT2D eigenvalue weighted by Crippen LogP contribution is 2.18. The van der Waals surface area contributed by atoms with Crippen LogP contribution in [0.15, 0.2) is 30.5 Å². The second kappa shape index (κ2) is 5.84. The Kier molecular flexibility index (Phi) is 4.16. The third-order valence-electron chi connectivity index (χ3n) is 2.85. The summed E-state index contributed by atoms with van der Waals surface area (Å²) >= 11 is 0. The van der Waals surface area contributed by atoms with E-state index >= 15 is 0 Å². The third-order valence-corrected chi connectivity index (χ3v) is 2.85. The second-order valence-corrected chi connectivity index (χ2v) is 4.36. The lowest BCUT2D eigenvalue weighted by Gasteiger charge is -2.15. The van der Waals surface area contributed by atoms with E-state index in [1.165, 1.54) is 6.07 Å². The van der Waals surface area contributed by atoms with Crippen molar-refractivity contribution in [2.24, 2.45) is 0 Å². The summed E-state index contributed by atoms with van der Waals surface area (Å²) in [7, 11) is 0. The highest BCUT2D eigenvalue weighted by molar-refractivity contribution is 5.22. The summed E-state index contributed by atoms with van der Waals surface area (Å²) in [5, 5.41) is 3.11. The Morgan fingerprint density at radius 1 is 1.26 bits per heavy atom. The van der Waals surface area contributed by atoms with E-state index in [0.29, 0.717) is 17.9 Å². The van der Waals surface area contributed by atoms with Crippen LogP contribution in [0.1, 0.15) is 30.0 Å². The molecule has 0 aliphatic heterocycles. The van der Waals surface area contributed by atoms with Crippen LogP contribution in [0.5, 0.6) is 0 Å². The summed E-state index contributed by atoms with van der Waals surface area (Å²) in [4.78, 5) is 8.24. The third kappa shape index (κ3) is 3.54. The lowest BCUT2D eigenvalue weighted by molar-refractivity contribution is 0.515. The quantitative estimate of drug-likeness (QED) is 0.921. The van der Waals surface area contributed by atoms with Crippen molar-refractivity contribution in [2.75, 3.05) is 0 Å². The molecule has 2 aromatic rings. The van der Waals surface area contributed by atoms with Crippen molar-refractivity contribution < 1.29 is 8.78 Å². The molecule has 0 saturated heterocycles. The molecule has 1 aromatic heterocycles. The molecule has 0 amide bonds. The van der Waals surface area contributed by atoms with Gasteiger partial charge in [0, 0.05) is 24.3 Å². The van der Waals surface area contributed by atoms with Crippen molar-refractivity contribution in [1.82, 2.24) is 15.3 Å². The van der Waals surface area contributed by atoms with Gasteiger partial charge in [0.25, 0.3) is 0 Å².